The van der Waals surface area contributed by atoms with E-state index in [4.69, 9.17) is 0 Å². The molecule has 200 valence electrons. The maximum Gasteiger partial charge on any atom is 0.323 e. The molecule has 2 unspecified atom stereocenters. The largest absolute Gasteiger partial charge is 0.396 e. The topological polar surface area (TPSA) is 114 Å². The van der Waals surface area contributed by atoms with E-state index in [1.807, 2.05) is 18.2 Å². The number of benzene rings is 3. The van der Waals surface area contributed by atoms with Gasteiger partial charge in [-0.25, -0.2) is 17.6 Å². The van der Waals surface area contributed by atoms with Crippen LogP contribution in [0.15, 0.2) is 84.0 Å². The summed E-state index contributed by atoms with van der Waals surface area (Å²) in [7, 11) is -3.97. The Morgan fingerprint density at radius 2 is 1.61 bits per heavy atom. The van der Waals surface area contributed by atoms with Crippen LogP contribution in [0.2, 0.25) is 0 Å². The second-order valence-electron chi connectivity index (χ2n) is 8.91. The molecule has 1 aliphatic heterocycles. The average Bonchev–Trinajstić information content (AvgIpc) is 3.20. The quantitative estimate of drug-likeness (QED) is 0.367. The number of sulfonamides is 1. The second kappa shape index (κ2) is 11.6. The van der Waals surface area contributed by atoms with Crippen molar-refractivity contribution in [1.82, 2.24) is 0 Å². The van der Waals surface area contributed by atoms with Crippen LogP contribution in [0.5, 0.6) is 0 Å². The molecule has 3 aromatic rings. The summed E-state index contributed by atoms with van der Waals surface area (Å²) in [6.07, 6.45) is 0.234. The van der Waals surface area contributed by atoms with Crippen molar-refractivity contribution in [2.45, 2.75) is 31.6 Å². The summed E-state index contributed by atoms with van der Waals surface area (Å²) >= 11 is 0. The number of aliphatic hydroxyl groups is 1. The Bertz CT molecular complexity index is 1380. The molecule has 0 saturated carbocycles. The van der Waals surface area contributed by atoms with E-state index in [0.29, 0.717) is 28.5 Å². The lowest BCUT2D eigenvalue weighted by Crippen LogP contribution is -2.48. The molecule has 38 heavy (non-hydrogen) atoms. The number of halogens is 1. The molecule has 1 heterocycles. The first-order valence-corrected chi connectivity index (χ1v) is 13.7. The van der Waals surface area contributed by atoms with Gasteiger partial charge in [0.2, 0.25) is 10.0 Å². The fraction of sp³-hybridized carbons (Fsp3) is 0.259. The zero-order valence-electron chi connectivity index (χ0n) is 21.1. The standard InChI is InChI=1S/C27H30FN5O4S/c1-19-26(20(2)33(31-19)25-13-9-21(28)10-14-25)38(36,37)32(17-6-18-34)24-15-11-23(12-16-24)30-27(35)29-22-7-4-3-5-8-22/h3-5,7-16,20,26,34H,6,17-18H2,1-2H3,(H2,29,30,35). The van der Waals surface area contributed by atoms with Crippen molar-refractivity contribution < 1.29 is 22.7 Å². The van der Waals surface area contributed by atoms with Crippen molar-refractivity contribution in [3.05, 3.63) is 84.7 Å². The minimum atomic E-state index is -3.97. The number of nitrogens with one attached hydrogen (secondary N) is 2. The maximum atomic E-state index is 14.0. The number of hydrazone groups is 1. The molecule has 0 spiro atoms. The Morgan fingerprint density at radius 3 is 2.21 bits per heavy atom. The molecule has 1 aliphatic rings. The summed E-state index contributed by atoms with van der Waals surface area (Å²) in [4.78, 5) is 12.3. The molecule has 2 amide bonds. The predicted octanol–water partition coefficient (Wildman–Crippen LogP) is 4.64. The maximum absolute atomic E-state index is 14.0. The Labute approximate surface area is 221 Å². The Hall–Kier alpha value is -3.96. The monoisotopic (exact) mass is 539 g/mol. The first-order chi connectivity index (χ1) is 18.2. The van der Waals surface area contributed by atoms with Crippen LogP contribution in [0.4, 0.5) is 31.9 Å². The lowest BCUT2D eigenvalue weighted by Gasteiger charge is -2.31. The lowest BCUT2D eigenvalue weighted by atomic mass is 10.1. The summed E-state index contributed by atoms with van der Waals surface area (Å²) in [5.74, 6) is -0.392. The van der Waals surface area contributed by atoms with Gasteiger partial charge in [0.1, 0.15) is 11.1 Å². The van der Waals surface area contributed by atoms with Crippen molar-refractivity contribution in [3.63, 3.8) is 0 Å². The first-order valence-electron chi connectivity index (χ1n) is 12.2. The molecule has 0 aromatic heterocycles. The summed E-state index contributed by atoms with van der Waals surface area (Å²) in [6.45, 7) is 3.30. The number of rotatable bonds is 9. The molecule has 0 radical (unpaired) electrons. The van der Waals surface area contributed by atoms with Crippen LogP contribution in [0, 0.1) is 5.82 Å². The van der Waals surface area contributed by atoms with E-state index in [1.54, 1.807) is 67.4 Å². The zero-order valence-corrected chi connectivity index (χ0v) is 21.9. The molecule has 0 aliphatic carbocycles. The Balaban J connectivity index is 1.54. The van der Waals surface area contributed by atoms with Gasteiger partial charge in [-0.1, -0.05) is 18.2 Å². The number of hydrogen-bond acceptors (Lipinski definition) is 6. The molecule has 2 atom stereocenters. The number of aliphatic hydroxyl groups excluding tert-OH is 1. The molecule has 3 N–H and O–H groups in total. The molecule has 11 heteroatoms. The van der Waals surface area contributed by atoms with Gasteiger partial charge in [0, 0.05) is 24.5 Å². The van der Waals surface area contributed by atoms with Crippen LogP contribution >= 0.6 is 0 Å². The van der Waals surface area contributed by atoms with Crippen LogP contribution in [-0.4, -0.2) is 49.7 Å². The SMILES string of the molecule is CC1=NN(c2ccc(F)cc2)C(C)C1S(=O)(=O)N(CCCO)c1ccc(NC(=O)Nc2ccccc2)cc1. The van der Waals surface area contributed by atoms with Crippen LogP contribution in [0.3, 0.4) is 0 Å². The number of anilines is 4. The predicted molar refractivity (Wildman–Crippen MR) is 149 cm³/mol. The molecular formula is C27H30FN5O4S. The van der Waals surface area contributed by atoms with E-state index < -0.39 is 33.2 Å². The van der Waals surface area contributed by atoms with Gasteiger partial charge in [0.15, 0.2) is 0 Å². The van der Waals surface area contributed by atoms with Crippen molar-refractivity contribution in [2.24, 2.45) is 5.10 Å². The lowest BCUT2D eigenvalue weighted by molar-refractivity contribution is 0.262. The summed E-state index contributed by atoms with van der Waals surface area (Å²) in [5, 5.41) is 20.0. The number of urea groups is 1. The zero-order chi connectivity index (χ0) is 27.3. The second-order valence-corrected chi connectivity index (χ2v) is 10.9. The highest BCUT2D eigenvalue weighted by Gasteiger charge is 2.45. The summed E-state index contributed by atoms with van der Waals surface area (Å²) < 4.78 is 42.6. The first kappa shape index (κ1) is 27.1. The Kier molecular flexibility index (Phi) is 8.28. The van der Waals surface area contributed by atoms with Gasteiger partial charge in [0.25, 0.3) is 0 Å². The van der Waals surface area contributed by atoms with Gasteiger partial charge in [-0.05, 0) is 80.9 Å². The highest BCUT2D eigenvalue weighted by molar-refractivity contribution is 7.94. The van der Waals surface area contributed by atoms with E-state index >= 15 is 0 Å². The van der Waals surface area contributed by atoms with E-state index in [9.17, 15) is 22.7 Å². The van der Waals surface area contributed by atoms with Gasteiger partial charge in [-0.3, -0.25) is 9.31 Å². The normalized spacial score (nSPS) is 17.2. The molecule has 0 fully saturated rings. The van der Waals surface area contributed by atoms with E-state index in [2.05, 4.69) is 15.7 Å². The van der Waals surface area contributed by atoms with Crippen molar-refractivity contribution in [1.29, 1.82) is 0 Å². The molecule has 0 saturated heterocycles. The van der Waals surface area contributed by atoms with Crippen LogP contribution in [0.25, 0.3) is 0 Å². The highest BCUT2D eigenvalue weighted by Crippen LogP contribution is 2.32. The van der Waals surface area contributed by atoms with Gasteiger partial charge in [0.05, 0.1) is 23.1 Å². The number of nitrogens with zero attached hydrogens (tertiary/aromatic N) is 3. The fourth-order valence-corrected chi connectivity index (χ4v) is 6.59. The summed E-state index contributed by atoms with van der Waals surface area (Å²) in [5.41, 5.74) is 2.51. The van der Waals surface area contributed by atoms with Gasteiger partial charge >= 0.3 is 6.03 Å². The van der Waals surface area contributed by atoms with Crippen LogP contribution < -0.4 is 19.9 Å². The Morgan fingerprint density at radius 1 is 1.00 bits per heavy atom. The minimum absolute atomic E-state index is 0.0626. The molecular weight excluding hydrogens is 509 g/mol. The van der Waals surface area contributed by atoms with Crippen molar-refractivity contribution >= 4 is 44.5 Å². The molecule has 9 nitrogen and oxygen atoms in total. The third kappa shape index (κ3) is 5.95. The molecule has 0 bridgehead atoms. The van der Waals surface area contributed by atoms with Gasteiger partial charge < -0.3 is 15.7 Å². The third-order valence-corrected chi connectivity index (χ3v) is 8.57. The fourth-order valence-electron chi connectivity index (χ4n) is 4.43. The molecule has 4 rings (SSSR count). The van der Waals surface area contributed by atoms with Crippen LogP contribution in [0.1, 0.15) is 20.3 Å². The number of amides is 2. The summed E-state index contributed by atoms with van der Waals surface area (Å²) in [6, 6.07) is 20.2. The minimum Gasteiger partial charge on any atom is -0.396 e. The number of carbonyl (C=O) groups is 1. The molecule has 3 aromatic carbocycles. The van der Waals surface area contributed by atoms with Crippen LogP contribution in [-0.2, 0) is 10.0 Å². The van der Waals surface area contributed by atoms with Gasteiger partial charge in [-0.2, -0.15) is 5.10 Å². The van der Waals surface area contributed by atoms with Crippen molar-refractivity contribution in [2.75, 3.05) is 33.1 Å². The average molecular weight is 540 g/mol. The van der Waals surface area contributed by atoms with E-state index in [1.165, 1.54) is 16.4 Å². The smallest absolute Gasteiger partial charge is 0.323 e. The number of carbonyl (C=O) groups excluding carboxylic acids is 1. The number of hydrogen-bond donors (Lipinski definition) is 3. The van der Waals surface area contributed by atoms with E-state index in [-0.39, 0.29) is 19.6 Å². The van der Waals surface area contributed by atoms with Crippen molar-refractivity contribution in [3.8, 4) is 0 Å². The number of para-hydroxylation sites is 1. The third-order valence-electron chi connectivity index (χ3n) is 6.18. The van der Waals surface area contributed by atoms with Gasteiger partial charge in [-0.15, -0.1) is 0 Å². The highest BCUT2D eigenvalue weighted by atomic mass is 32.2. The van der Waals surface area contributed by atoms with E-state index in [0.717, 1.165) is 0 Å².